The minimum atomic E-state index is -0.382. The highest BCUT2D eigenvalue weighted by molar-refractivity contribution is 6.29. The molecule has 2 N–H and O–H groups in total. The van der Waals surface area contributed by atoms with Gasteiger partial charge in [-0.2, -0.15) is 0 Å². The van der Waals surface area contributed by atoms with Gasteiger partial charge in [0.2, 0.25) is 5.78 Å². The number of nitrogen functional groups attached to an aromatic ring is 1. The van der Waals surface area contributed by atoms with E-state index in [1.54, 1.807) is 24.3 Å². The standard InChI is InChI=1S/C21H26ClN5O2/c1-20(2,3)13-9-12(10-14(18(13)29)21(4,5)6)15(28)11-26-17-8-7-16(22)24-27(17)19(23)25-26/h7-10H,11H2,1-6H3,(H2-,23,24,25,28,29). The second kappa shape index (κ2) is 6.99. The van der Waals surface area contributed by atoms with Crippen LogP contribution >= 0.6 is 11.6 Å². The molecule has 0 fully saturated rings. The van der Waals surface area contributed by atoms with Gasteiger partial charge in [-0.25, -0.2) is 0 Å². The van der Waals surface area contributed by atoms with Gasteiger partial charge in [0.05, 0.1) is 0 Å². The molecule has 0 unspecified atom stereocenters. The largest absolute Gasteiger partial charge is 0.872 e. The summed E-state index contributed by atoms with van der Waals surface area (Å²) in [4.78, 5) is 13.1. The lowest BCUT2D eigenvalue weighted by atomic mass is 9.78. The Kier molecular flexibility index (Phi) is 5.07. The molecule has 2 heterocycles. The van der Waals surface area contributed by atoms with E-state index in [0.717, 1.165) is 0 Å². The summed E-state index contributed by atoms with van der Waals surface area (Å²) in [6.07, 6.45) is 0. The van der Waals surface area contributed by atoms with Crippen LogP contribution in [-0.2, 0) is 17.4 Å². The van der Waals surface area contributed by atoms with Crippen LogP contribution < -0.4 is 15.5 Å². The maximum Gasteiger partial charge on any atom is 0.355 e. The third kappa shape index (κ3) is 4.05. The van der Waals surface area contributed by atoms with Crippen molar-refractivity contribution in [2.24, 2.45) is 0 Å². The molecule has 0 amide bonds. The molecule has 0 bridgehead atoms. The number of carbonyl (C=O) groups is 1. The number of halogens is 1. The zero-order chi connectivity index (χ0) is 21.7. The normalized spacial score (nSPS) is 12.5. The molecule has 0 atom stereocenters. The number of nitrogens with two attached hydrogens (primary N) is 1. The van der Waals surface area contributed by atoms with E-state index >= 15 is 0 Å². The number of aromatic nitrogens is 4. The lowest BCUT2D eigenvalue weighted by molar-refractivity contribution is -0.714. The minimum absolute atomic E-state index is 0.00951. The zero-order valence-electron chi connectivity index (χ0n) is 17.6. The first-order valence-corrected chi connectivity index (χ1v) is 9.77. The van der Waals surface area contributed by atoms with Crippen molar-refractivity contribution in [1.82, 2.24) is 14.7 Å². The monoisotopic (exact) mass is 415 g/mol. The molecule has 8 heteroatoms. The van der Waals surface area contributed by atoms with Crippen molar-refractivity contribution in [3.05, 3.63) is 46.1 Å². The number of anilines is 1. The van der Waals surface area contributed by atoms with E-state index in [1.165, 1.54) is 9.20 Å². The molecule has 7 nitrogen and oxygen atoms in total. The van der Waals surface area contributed by atoms with E-state index in [4.69, 9.17) is 17.3 Å². The average molecular weight is 416 g/mol. The number of nitrogens with zero attached hydrogens (tertiary/aromatic N) is 4. The van der Waals surface area contributed by atoms with Crippen LogP contribution in [0.2, 0.25) is 5.15 Å². The maximum absolute atomic E-state index is 13.1. The van der Waals surface area contributed by atoms with Gasteiger partial charge in [0.15, 0.2) is 11.7 Å². The predicted octanol–water partition coefficient (Wildman–Crippen LogP) is 2.80. The van der Waals surface area contributed by atoms with Crippen molar-refractivity contribution in [3.63, 3.8) is 0 Å². The minimum Gasteiger partial charge on any atom is -0.872 e. The van der Waals surface area contributed by atoms with Crippen LogP contribution in [0.4, 0.5) is 5.95 Å². The highest BCUT2D eigenvalue weighted by Crippen LogP contribution is 2.38. The lowest BCUT2D eigenvalue weighted by Gasteiger charge is -2.33. The number of ketones is 1. The summed E-state index contributed by atoms with van der Waals surface area (Å²) in [7, 11) is 0. The molecule has 29 heavy (non-hydrogen) atoms. The van der Waals surface area contributed by atoms with Gasteiger partial charge < -0.3 is 10.8 Å². The lowest BCUT2D eigenvalue weighted by Crippen LogP contribution is -2.40. The number of hydrogen-bond donors (Lipinski definition) is 1. The van der Waals surface area contributed by atoms with E-state index in [-0.39, 0.29) is 40.0 Å². The molecule has 3 aromatic rings. The van der Waals surface area contributed by atoms with Gasteiger partial charge in [-0.1, -0.05) is 62.8 Å². The molecule has 2 aromatic heterocycles. The Labute approximate surface area is 175 Å². The number of fused-ring (bicyclic) bond motifs is 1. The van der Waals surface area contributed by atoms with Crippen molar-refractivity contribution >= 4 is 29.0 Å². The van der Waals surface area contributed by atoms with Gasteiger partial charge >= 0.3 is 11.6 Å². The summed E-state index contributed by atoms with van der Waals surface area (Å²) in [6.45, 7) is 11.8. The fraction of sp³-hybridized carbons (Fsp3) is 0.429. The van der Waals surface area contributed by atoms with E-state index in [9.17, 15) is 9.90 Å². The topological polar surface area (TPSA) is 100 Å². The third-order valence-electron chi connectivity index (χ3n) is 4.81. The summed E-state index contributed by atoms with van der Waals surface area (Å²) in [5.41, 5.74) is 7.42. The van der Waals surface area contributed by atoms with Crippen LogP contribution in [0.5, 0.6) is 5.75 Å². The van der Waals surface area contributed by atoms with Gasteiger partial charge in [0.25, 0.3) is 0 Å². The van der Waals surface area contributed by atoms with Gasteiger partial charge in [-0.15, -0.1) is 10.4 Å². The number of Topliss-reactive ketones (excluding diaryl/α,β-unsaturated/α-hetero) is 1. The van der Waals surface area contributed by atoms with Crippen LogP contribution in [0, 0.1) is 0 Å². The van der Waals surface area contributed by atoms with Crippen molar-refractivity contribution in [1.29, 1.82) is 0 Å². The Hall–Kier alpha value is -2.67. The third-order valence-corrected chi connectivity index (χ3v) is 5.01. The molecule has 0 radical (unpaired) electrons. The van der Waals surface area contributed by atoms with Crippen LogP contribution in [0.3, 0.4) is 0 Å². The molecular weight excluding hydrogens is 390 g/mol. The first-order chi connectivity index (χ1) is 13.3. The van der Waals surface area contributed by atoms with Gasteiger partial charge in [-0.3, -0.25) is 4.79 Å². The summed E-state index contributed by atoms with van der Waals surface area (Å²) in [5.74, 6) is -0.0401. The van der Waals surface area contributed by atoms with E-state index in [0.29, 0.717) is 22.3 Å². The Morgan fingerprint density at radius 3 is 2.21 bits per heavy atom. The Morgan fingerprint density at radius 2 is 1.69 bits per heavy atom. The van der Waals surface area contributed by atoms with Gasteiger partial charge in [-0.05, 0) is 45.3 Å². The van der Waals surface area contributed by atoms with Crippen molar-refractivity contribution in [2.75, 3.05) is 5.73 Å². The van der Waals surface area contributed by atoms with Crippen molar-refractivity contribution in [3.8, 4) is 5.75 Å². The van der Waals surface area contributed by atoms with Crippen molar-refractivity contribution < 1.29 is 14.6 Å². The van der Waals surface area contributed by atoms with E-state index in [1.807, 2.05) is 41.5 Å². The Bertz CT molecular complexity index is 1070. The molecule has 0 aliphatic rings. The van der Waals surface area contributed by atoms with Crippen LogP contribution in [-0.4, -0.2) is 20.5 Å². The predicted molar refractivity (Wildman–Crippen MR) is 110 cm³/mol. The highest BCUT2D eigenvalue weighted by Gasteiger charge is 2.26. The first-order valence-electron chi connectivity index (χ1n) is 9.39. The van der Waals surface area contributed by atoms with Crippen LogP contribution in [0.1, 0.15) is 63.0 Å². The highest BCUT2D eigenvalue weighted by atomic mass is 35.5. The average Bonchev–Trinajstić information content (AvgIpc) is 2.88. The number of benzene rings is 1. The fourth-order valence-electron chi connectivity index (χ4n) is 3.22. The van der Waals surface area contributed by atoms with E-state index in [2.05, 4.69) is 10.2 Å². The zero-order valence-corrected chi connectivity index (χ0v) is 18.3. The summed E-state index contributed by atoms with van der Waals surface area (Å²) < 4.78 is 2.87. The Morgan fingerprint density at radius 1 is 1.14 bits per heavy atom. The van der Waals surface area contributed by atoms with Crippen molar-refractivity contribution in [2.45, 2.75) is 58.9 Å². The number of rotatable bonds is 3. The first kappa shape index (κ1) is 21.0. The second-order valence-corrected chi connectivity index (χ2v) is 9.65. The molecule has 0 saturated heterocycles. The molecule has 1 aromatic carbocycles. The fourth-order valence-corrected chi connectivity index (χ4v) is 3.36. The number of hydrogen-bond acceptors (Lipinski definition) is 5. The van der Waals surface area contributed by atoms with Gasteiger partial charge in [0, 0.05) is 11.6 Å². The van der Waals surface area contributed by atoms with E-state index < -0.39 is 0 Å². The SMILES string of the molecule is CC(C)(C)c1cc(C(=O)C[n+]2nc(N)n3nc(Cl)ccc32)cc(C(C)(C)C)c1[O-]. The molecule has 0 aliphatic carbocycles. The number of carbonyl (C=O) groups excluding carboxylic acids is 1. The second-order valence-electron chi connectivity index (χ2n) is 9.27. The quantitative estimate of drug-likeness (QED) is 0.523. The molecule has 0 spiro atoms. The molecular formula is C21H26ClN5O2. The smallest absolute Gasteiger partial charge is 0.355 e. The summed E-state index contributed by atoms with van der Waals surface area (Å²) in [5, 5.41) is 21.6. The van der Waals surface area contributed by atoms with Crippen LogP contribution in [0.25, 0.3) is 5.65 Å². The van der Waals surface area contributed by atoms with Gasteiger partial charge in [0.1, 0.15) is 0 Å². The molecule has 0 aliphatic heterocycles. The molecule has 3 rings (SSSR count). The summed E-state index contributed by atoms with van der Waals surface area (Å²) in [6, 6.07) is 6.73. The van der Waals surface area contributed by atoms with Crippen LogP contribution in [0.15, 0.2) is 24.3 Å². The summed E-state index contributed by atoms with van der Waals surface area (Å²) >= 11 is 5.92. The maximum atomic E-state index is 13.1. The Balaban J connectivity index is 2.08. The molecule has 154 valence electrons. The molecule has 0 saturated carbocycles.